The van der Waals surface area contributed by atoms with Gasteiger partial charge in [0.1, 0.15) is 4.88 Å². The van der Waals surface area contributed by atoms with Crippen LogP contribution >= 0.6 is 34.5 Å². The third kappa shape index (κ3) is 2.97. The molecule has 5 heteroatoms. The molecule has 0 aliphatic heterocycles. The second-order valence-electron chi connectivity index (χ2n) is 5.59. The Kier molecular flexibility index (Phi) is 4.37. The van der Waals surface area contributed by atoms with Crippen molar-refractivity contribution in [3.05, 3.63) is 61.9 Å². The van der Waals surface area contributed by atoms with E-state index in [1.807, 2.05) is 45.0 Å². The van der Waals surface area contributed by atoms with Gasteiger partial charge in [0, 0.05) is 15.8 Å². The van der Waals surface area contributed by atoms with Crippen molar-refractivity contribution in [2.45, 2.75) is 20.8 Å². The molecule has 2 nitrogen and oxygen atoms in total. The lowest BCUT2D eigenvalue weighted by Gasteiger charge is -2.12. The fourth-order valence-corrected chi connectivity index (χ4v) is 4.61. The number of hydrogen-bond donors (Lipinski definition) is 1. The first-order valence-corrected chi connectivity index (χ1v) is 8.71. The van der Waals surface area contributed by atoms with Crippen LogP contribution < -0.4 is 5.32 Å². The van der Waals surface area contributed by atoms with Gasteiger partial charge in [0.15, 0.2) is 0 Å². The number of aryl methyl sites for hydroxylation is 3. The maximum atomic E-state index is 12.7. The Morgan fingerprint density at radius 1 is 1.09 bits per heavy atom. The Labute approximate surface area is 149 Å². The summed E-state index contributed by atoms with van der Waals surface area (Å²) in [4.78, 5) is 13.2. The highest BCUT2D eigenvalue weighted by molar-refractivity contribution is 7.21. The molecule has 0 aliphatic rings. The number of carbonyl (C=O) groups is 1. The van der Waals surface area contributed by atoms with Crippen molar-refractivity contribution in [1.29, 1.82) is 0 Å². The van der Waals surface area contributed by atoms with Crippen molar-refractivity contribution in [3.8, 4) is 0 Å². The number of amides is 1. The second-order valence-corrected chi connectivity index (χ2v) is 7.42. The predicted octanol–water partition coefficient (Wildman–Crippen LogP) is 6.39. The van der Waals surface area contributed by atoms with E-state index < -0.39 is 0 Å². The standard InChI is InChI=1S/C18H15Cl2NOS/c1-9-7-10(2)16(11(3)8-9)21-18(22)17-15(20)14-12(19)5-4-6-13(14)23-17/h4-8H,1-3H3,(H,21,22). The number of fused-ring (bicyclic) bond motifs is 1. The number of thiophene rings is 1. The quantitative estimate of drug-likeness (QED) is 0.561. The van der Waals surface area contributed by atoms with Crippen LogP contribution in [0.3, 0.4) is 0 Å². The third-order valence-electron chi connectivity index (χ3n) is 3.73. The van der Waals surface area contributed by atoms with Crippen LogP contribution in [0.4, 0.5) is 5.69 Å². The van der Waals surface area contributed by atoms with Crippen molar-refractivity contribution < 1.29 is 4.79 Å². The first kappa shape index (κ1) is 16.3. The molecule has 2 aromatic carbocycles. The molecule has 23 heavy (non-hydrogen) atoms. The first-order valence-electron chi connectivity index (χ1n) is 7.14. The van der Waals surface area contributed by atoms with Gasteiger partial charge in [-0.3, -0.25) is 4.79 Å². The highest BCUT2D eigenvalue weighted by Gasteiger charge is 2.20. The largest absolute Gasteiger partial charge is 0.321 e. The molecule has 0 unspecified atom stereocenters. The number of hydrogen-bond acceptors (Lipinski definition) is 2. The van der Waals surface area contributed by atoms with Gasteiger partial charge in [-0.05, 0) is 44.0 Å². The summed E-state index contributed by atoms with van der Waals surface area (Å²) < 4.78 is 0.907. The van der Waals surface area contributed by atoms with Crippen molar-refractivity contribution in [2.24, 2.45) is 0 Å². The van der Waals surface area contributed by atoms with Gasteiger partial charge in [-0.1, -0.05) is 47.0 Å². The zero-order chi connectivity index (χ0) is 16.7. The van der Waals surface area contributed by atoms with E-state index in [2.05, 4.69) is 5.32 Å². The van der Waals surface area contributed by atoms with Crippen LogP contribution in [-0.4, -0.2) is 5.91 Å². The van der Waals surface area contributed by atoms with Crippen LogP contribution in [-0.2, 0) is 0 Å². The molecule has 3 aromatic rings. The van der Waals surface area contributed by atoms with E-state index in [0.29, 0.717) is 14.9 Å². The summed E-state index contributed by atoms with van der Waals surface area (Å²) in [6.45, 7) is 6.01. The summed E-state index contributed by atoms with van der Waals surface area (Å²) in [7, 11) is 0. The van der Waals surface area contributed by atoms with Crippen molar-refractivity contribution >= 4 is 56.2 Å². The summed E-state index contributed by atoms with van der Waals surface area (Å²) in [6, 6.07) is 9.64. The van der Waals surface area contributed by atoms with E-state index in [0.717, 1.165) is 26.9 Å². The van der Waals surface area contributed by atoms with Crippen LogP contribution in [0.25, 0.3) is 10.1 Å². The molecule has 0 saturated heterocycles. The SMILES string of the molecule is Cc1cc(C)c(NC(=O)c2sc3cccc(Cl)c3c2Cl)c(C)c1. The molecule has 0 fully saturated rings. The molecule has 0 saturated carbocycles. The van der Waals surface area contributed by atoms with Crippen LogP contribution in [0, 0.1) is 20.8 Å². The molecule has 1 amide bonds. The molecule has 0 aliphatic carbocycles. The maximum absolute atomic E-state index is 12.7. The first-order chi connectivity index (χ1) is 10.9. The normalized spacial score (nSPS) is 11.0. The minimum absolute atomic E-state index is 0.206. The lowest BCUT2D eigenvalue weighted by molar-refractivity contribution is 0.103. The maximum Gasteiger partial charge on any atom is 0.267 e. The number of halogens is 2. The highest BCUT2D eigenvalue weighted by atomic mass is 35.5. The molecule has 0 spiro atoms. The van der Waals surface area contributed by atoms with E-state index in [1.165, 1.54) is 16.9 Å². The smallest absolute Gasteiger partial charge is 0.267 e. The van der Waals surface area contributed by atoms with Crippen molar-refractivity contribution in [3.63, 3.8) is 0 Å². The van der Waals surface area contributed by atoms with Crippen LogP contribution in [0.2, 0.25) is 10.0 Å². The van der Waals surface area contributed by atoms with E-state index >= 15 is 0 Å². The lowest BCUT2D eigenvalue weighted by atomic mass is 10.1. The van der Waals surface area contributed by atoms with Gasteiger partial charge < -0.3 is 5.32 Å². The molecule has 0 atom stereocenters. The Hall–Kier alpha value is -1.55. The van der Waals surface area contributed by atoms with Crippen molar-refractivity contribution in [1.82, 2.24) is 0 Å². The zero-order valence-corrected chi connectivity index (χ0v) is 15.3. The zero-order valence-electron chi connectivity index (χ0n) is 13.0. The van der Waals surface area contributed by atoms with E-state index in [4.69, 9.17) is 23.2 Å². The van der Waals surface area contributed by atoms with Crippen LogP contribution in [0.5, 0.6) is 0 Å². The summed E-state index contributed by atoms with van der Waals surface area (Å²) in [6.07, 6.45) is 0. The molecule has 0 bridgehead atoms. The minimum atomic E-state index is -0.206. The molecule has 1 heterocycles. The second kappa shape index (κ2) is 6.16. The molecular weight excluding hydrogens is 349 g/mol. The fraction of sp³-hybridized carbons (Fsp3) is 0.167. The van der Waals surface area contributed by atoms with E-state index in [-0.39, 0.29) is 5.91 Å². The average Bonchev–Trinajstić information content (AvgIpc) is 2.81. The number of anilines is 1. The molecule has 3 rings (SSSR count). The monoisotopic (exact) mass is 363 g/mol. The summed E-state index contributed by atoms with van der Waals surface area (Å²) in [5.41, 5.74) is 4.07. The van der Waals surface area contributed by atoms with Gasteiger partial charge in [0.25, 0.3) is 5.91 Å². The molecule has 1 aromatic heterocycles. The summed E-state index contributed by atoms with van der Waals surface area (Å²) >= 11 is 13.9. The van der Waals surface area contributed by atoms with Gasteiger partial charge in [-0.2, -0.15) is 0 Å². The number of rotatable bonds is 2. The predicted molar refractivity (Wildman–Crippen MR) is 100 cm³/mol. The minimum Gasteiger partial charge on any atom is -0.321 e. The van der Waals surface area contributed by atoms with Gasteiger partial charge in [0.05, 0.1) is 10.0 Å². The van der Waals surface area contributed by atoms with Crippen LogP contribution in [0.1, 0.15) is 26.4 Å². The Balaban J connectivity index is 2.02. The van der Waals surface area contributed by atoms with Gasteiger partial charge in [0.2, 0.25) is 0 Å². The topological polar surface area (TPSA) is 29.1 Å². The molecule has 118 valence electrons. The van der Waals surface area contributed by atoms with E-state index in [9.17, 15) is 4.79 Å². The van der Waals surface area contributed by atoms with Gasteiger partial charge in [-0.15, -0.1) is 11.3 Å². The molecular formula is C18H15Cl2NOS. The molecule has 1 N–H and O–H groups in total. The Morgan fingerprint density at radius 3 is 2.35 bits per heavy atom. The number of nitrogens with one attached hydrogen (secondary N) is 1. The van der Waals surface area contributed by atoms with Gasteiger partial charge in [-0.25, -0.2) is 0 Å². The summed E-state index contributed by atoms with van der Waals surface area (Å²) in [5.74, 6) is -0.206. The van der Waals surface area contributed by atoms with Crippen molar-refractivity contribution in [2.75, 3.05) is 5.32 Å². The van der Waals surface area contributed by atoms with Gasteiger partial charge >= 0.3 is 0 Å². The fourth-order valence-electron chi connectivity index (χ4n) is 2.76. The number of carbonyl (C=O) groups excluding carboxylic acids is 1. The molecule has 0 radical (unpaired) electrons. The van der Waals surface area contributed by atoms with E-state index in [1.54, 1.807) is 6.07 Å². The Bertz CT molecular complexity index is 907. The number of benzene rings is 2. The average molecular weight is 364 g/mol. The van der Waals surface area contributed by atoms with Crippen LogP contribution in [0.15, 0.2) is 30.3 Å². The third-order valence-corrected chi connectivity index (χ3v) is 5.69. The Morgan fingerprint density at radius 2 is 1.74 bits per heavy atom. The lowest BCUT2D eigenvalue weighted by Crippen LogP contribution is -2.13. The highest BCUT2D eigenvalue weighted by Crippen LogP contribution is 2.39. The summed E-state index contributed by atoms with van der Waals surface area (Å²) in [5, 5.41) is 4.70.